The first kappa shape index (κ1) is 14.8. The van der Waals surface area contributed by atoms with Gasteiger partial charge in [-0.05, 0) is 30.3 Å². The van der Waals surface area contributed by atoms with Crippen LogP contribution >= 0.6 is 23.5 Å². The summed E-state index contributed by atoms with van der Waals surface area (Å²) in [5, 5.41) is 12.1. The third kappa shape index (κ3) is 3.51. The van der Waals surface area contributed by atoms with E-state index in [1.165, 1.54) is 4.90 Å². The summed E-state index contributed by atoms with van der Waals surface area (Å²) in [6.45, 7) is 2.64. The van der Waals surface area contributed by atoms with Gasteiger partial charge in [0.25, 0.3) is 0 Å². The molecule has 2 aliphatic rings. The quantitative estimate of drug-likeness (QED) is 0.827. The second-order valence-corrected chi connectivity index (χ2v) is 7.23. The lowest BCUT2D eigenvalue weighted by Crippen LogP contribution is -2.50. The number of carboxylic acids is 1. The molecule has 2 heterocycles. The molecule has 0 aromatic carbocycles. The van der Waals surface area contributed by atoms with Crippen molar-refractivity contribution in [3.63, 3.8) is 0 Å². The topological polar surface area (TPSA) is 69.6 Å². The largest absolute Gasteiger partial charge is 0.480 e. The molecule has 0 saturated carbocycles. The molecule has 2 fully saturated rings. The maximum Gasteiger partial charge on any atom is 0.327 e. The van der Waals surface area contributed by atoms with Crippen molar-refractivity contribution in [3.05, 3.63) is 0 Å². The molecule has 19 heavy (non-hydrogen) atoms. The minimum Gasteiger partial charge on any atom is -0.480 e. The van der Waals surface area contributed by atoms with Crippen LogP contribution in [-0.4, -0.2) is 57.2 Å². The number of nitrogens with one attached hydrogen (secondary N) is 1. The highest BCUT2D eigenvalue weighted by Crippen LogP contribution is 2.31. The molecule has 0 bridgehead atoms. The fraction of sp³-hybridized carbons (Fsp3) is 0.833. The van der Waals surface area contributed by atoms with Crippen molar-refractivity contribution in [2.24, 2.45) is 5.92 Å². The number of rotatable bonds is 4. The van der Waals surface area contributed by atoms with Crippen LogP contribution in [0.5, 0.6) is 0 Å². The minimum absolute atomic E-state index is 0.0148. The number of urea groups is 1. The first-order chi connectivity index (χ1) is 9.13. The van der Waals surface area contributed by atoms with Crippen molar-refractivity contribution in [2.45, 2.75) is 31.2 Å². The Morgan fingerprint density at radius 1 is 1.42 bits per heavy atom. The zero-order valence-corrected chi connectivity index (χ0v) is 12.6. The SMILES string of the molecule is CCC1SCC(C(=O)O)N1C(=O)NCC1CCSC1. The standard InChI is InChI=1S/C12H20N2O3S2/c1-2-10-14(9(7-19-10)11(15)16)12(17)13-5-8-3-4-18-6-8/h8-10H,2-7H2,1H3,(H,13,17)(H,15,16). The summed E-state index contributed by atoms with van der Waals surface area (Å²) in [5.74, 6) is 2.37. The molecule has 2 N–H and O–H groups in total. The van der Waals surface area contributed by atoms with Crippen molar-refractivity contribution in [3.8, 4) is 0 Å². The van der Waals surface area contributed by atoms with E-state index in [2.05, 4.69) is 5.32 Å². The predicted octanol–water partition coefficient (Wildman–Crippen LogP) is 1.69. The highest BCUT2D eigenvalue weighted by atomic mass is 32.2. The fourth-order valence-electron chi connectivity index (χ4n) is 2.41. The second kappa shape index (κ2) is 6.74. The Kier molecular flexibility index (Phi) is 5.27. The van der Waals surface area contributed by atoms with Gasteiger partial charge in [0.2, 0.25) is 0 Å². The van der Waals surface area contributed by atoms with Gasteiger partial charge in [-0.3, -0.25) is 4.90 Å². The van der Waals surface area contributed by atoms with E-state index in [1.54, 1.807) is 11.8 Å². The monoisotopic (exact) mass is 304 g/mol. The molecule has 5 nitrogen and oxygen atoms in total. The normalized spacial score (nSPS) is 30.6. The second-order valence-electron chi connectivity index (χ2n) is 4.87. The van der Waals surface area contributed by atoms with E-state index in [0.717, 1.165) is 24.3 Å². The Morgan fingerprint density at radius 2 is 2.21 bits per heavy atom. The van der Waals surface area contributed by atoms with E-state index in [1.807, 2.05) is 18.7 Å². The summed E-state index contributed by atoms with van der Waals surface area (Å²) < 4.78 is 0. The lowest BCUT2D eigenvalue weighted by molar-refractivity contribution is -0.141. The molecular weight excluding hydrogens is 284 g/mol. The van der Waals surface area contributed by atoms with Gasteiger partial charge in [0.1, 0.15) is 6.04 Å². The van der Waals surface area contributed by atoms with Crippen LogP contribution in [0.4, 0.5) is 4.79 Å². The van der Waals surface area contributed by atoms with Crippen molar-refractivity contribution in [1.29, 1.82) is 0 Å². The van der Waals surface area contributed by atoms with Crippen LogP contribution in [0.25, 0.3) is 0 Å². The van der Waals surface area contributed by atoms with E-state index < -0.39 is 12.0 Å². The van der Waals surface area contributed by atoms with E-state index in [4.69, 9.17) is 0 Å². The first-order valence-corrected chi connectivity index (χ1v) is 8.82. The molecule has 7 heteroatoms. The predicted molar refractivity (Wildman–Crippen MR) is 78.6 cm³/mol. The minimum atomic E-state index is -0.907. The molecule has 2 saturated heterocycles. The molecule has 0 aromatic rings. The average molecular weight is 304 g/mol. The molecular formula is C12H20N2O3S2. The van der Waals surface area contributed by atoms with Crippen LogP contribution < -0.4 is 5.32 Å². The Bertz CT molecular complexity index is 348. The summed E-state index contributed by atoms with van der Waals surface area (Å²) in [6, 6.07) is -0.908. The molecule has 0 aromatic heterocycles. The van der Waals surface area contributed by atoms with Crippen LogP contribution in [-0.2, 0) is 4.79 Å². The van der Waals surface area contributed by atoms with E-state index in [9.17, 15) is 14.7 Å². The first-order valence-electron chi connectivity index (χ1n) is 6.61. The lowest BCUT2D eigenvalue weighted by Gasteiger charge is -2.27. The van der Waals surface area contributed by atoms with Crippen molar-refractivity contribution in [1.82, 2.24) is 10.2 Å². The van der Waals surface area contributed by atoms with E-state index in [-0.39, 0.29) is 11.4 Å². The molecule has 0 spiro atoms. The van der Waals surface area contributed by atoms with Gasteiger partial charge >= 0.3 is 12.0 Å². The van der Waals surface area contributed by atoms with Crippen LogP contribution in [0.3, 0.4) is 0 Å². The van der Waals surface area contributed by atoms with Crippen molar-refractivity contribution in [2.75, 3.05) is 23.8 Å². The van der Waals surface area contributed by atoms with Gasteiger partial charge in [-0.2, -0.15) is 11.8 Å². The van der Waals surface area contributed by atoms with Gasteiger partial charge in [-0.15, -0.1) is 11.8 Å². The van der Waals surface area contributed by atoms with Crippen molar-refractivity contribution < 1.29 is 14.7 Å². The Morgan fingerprint density at radius 3 is 2.79 bits per heavy atom. The highest BCUT2D eigenvalue weighted by Gasteiger charge is 2.40. The molecule has 2 rings (SSSR count). The Labute approximate surface area is 121 Å². The third-order valence-electron chi connectivity index (χ3n) is 3.53. The number of hydrogen-bond donors (Lipinski definition) is 2. The number of carbonyl (C=O) groups excluding carboxylic acids is 1. The van der Waals surface area contributed by atoms with E-state index in [0.29, 0.717) is 18.2 Å². The van der Waals surface area contributed by atoms with Gasteiger partial charge in [-0.25, -0.2) is 9.59 Å². The Hall–Kier alpha value is -0.560. The highest BCUT2D eigenvalue weighted by molar-refractivity contribution is 8.00. The molecule has 2 amide bonds. The number of amides is 2. The van der Waals surface area contributed by atoms with Crippen LogP contribution in [0.15, 0.2) is 0 Å². The molecule has 3 atom stereocenters. The van der Waals surface area contributed by atoms with Crippen LogP contribution in [0.2, 0.25) is 0 Å². The number of nitrogens with zero attached hydrogens (tertiary/aromatic N) is 1. The van der Waals surface area contributed by atoms with Gasteiger partial charge in [0.05, 0.1) is 5.37 Å². The third-order valence-corrected chi connectivity index (χ3v) is 6.21. The summed E-state index contributed by atoms with van der Waals surface area (Å²) in [7, 11) is 0. The molecule has 3 unspecified atom stereocenters. The van der Waals surface area contributed by atoms with Crippen molar-refractivity contribution >= 4 is 35.5 Å². The fourth-order valence-corrected chi connectivity index (χ4v) is 5.04. The number of carboxylic acid groups (broad SMARTS) is 1. The number of hydrogen-bond acceptors (Lipinski definition) is 4. The zero-order valence-electron chi connectivity index (χ0n) is 11.0. The van der Waals surface area contributed by atoms with Gasteiger partial charge in [-0.1, -0.05) is 6.92 Å². The van der Waals surface area contributed by atoms with E-state index >= 15 is 0 Å². The number of thioether (sulfide) groups is 2. The maximum atomic E-state index is 12.2. The molecule has 108 valence electrons. The molecule has 0 aliphatic carbocycles. The van der Waals surface area contributed by atoms with Gasteiger partial charge < -0.3 is 10.4 Å². The Balaban J connectivity index is 1.91. The molecule has 0 radical (unpaired) electrons. The summed E-state index contributed by atoms with van der Waals surface area (Å²) in [4.78, 5) is 24.9. The van der Waals surface area contributed by atoms with Crippen LogP contribution in [0.1, 0.15) is 19.8 Å². The summed E-state index contributed by atoms with van der Waals surface area (Å²) in [6.07, 6.45) is 1.92. The molecule has 2 aliphatic heterocycles. The summed E-state index contributed by atoms with van der Waals surface area (Å²) in [5.41, 5.74) is 0. The van der Waals surface area contributed by atoms with Gasteiger partial charge in [0.15, 0.2) is 0 Å². The zero-order chi connectivity index (χ0) is 13.8. The number of aliphatic carboxylic acids is 1. The van der Waals surface area contributed by atoms with Gasteiger partial charge in [0, 0.05) is 12.3 Å². The smallest absolute Gasteiger partial charge is 0.327 e. The summed E-state index contributed by atoms with van der Waals surface area (Å²) >= 11 is 3.47. The average Bonchev–Trinajstić information content (AvgIpc) is 3.04. The number of carbonyl (C=O) groups is 2. The lowest BCUT2D eigenvalue weighted by atomic mass is 10.1. The van der Waals surface area contributed by atoms with Crippen LogP contribution in [0, 0.1) is 5.92 Å². The maximum absolute atomic E-state index is 12.2.